The normalized spacial score (nSPS) is 10.8. The van der Waals surface area contributed by atoms with Gasteiger partial charge >= 0.3 is 5.97 Å². The Kier molecular flexibility index (Phi) is 4.82. The molecule has 0 bridgehead atoms. The summed E-state index contributed by atoms with van der Waals surface area (Å²) in [6.07, 6.45) is 3.01. The molecule has 4 heteroatoms. The second-order valence-corrected chi connectivity index (χ2v) is 3.53. The van der Waals surface area contributed by atoms with E-state index in [1.807, 2.05) is 0 Å². The largest absolute Gasteiger partial charge is 0.466 e. The molecule has 1 aromatic rings. The summed E-state index contributed by atoms with van der Waals surface area (Å²) >= 11 is 0. The fraction of sp³-hybridized carbons (Fsp3) is 0.308. The van der Waals surface area contributed by atoms with Gasteiger partial charge in [0, 0.05) is 11.6 Å². The topological polar surface area (TPSA) is 26.3 Å². The maximum Gasteiger partial charge on any atom is 0.309 e. The summed E-state index contributed by atoms with van der Waals surface area (Å²) in [4.78, 5) is 11.0. The lowest BCUT2D eigenvalue weighted by Gasteiger charge is -2.01. The van der Waals surface area contributed by atoms with Gasteiger partial charge in [0.25, 0.3) is 0 Å². The zero-order valence-electron chi connectivity index (χ0n) is 9.80. The van der Waals surface area contributed by atoms with Crippen molar-refractivity contribution in [1.29, 1.82) is 0 Å². The highest BCUT2D eigenvalue weighted by Crippen LogP contribution is 2.15. The number of hydrogen-bond acceptors (Lipinski definition) is 2. The van der Waals surface area contributed by atoms with E-state index in [1.54, 1.807) is 13.8 Å². The third kappa shape index (κ3) is 3.98. The van der Waals surface area contributed by atoms with Gasteiger partial charge in [-0.15, -0.1) is 0 Å². The van der Waals surface area contributed by atoms with Crippen molar-refractivity contribution in [1.82, 2.24) is 0 Å². The molecule has 0 fully saturated rings. The molecule has 0 aliphatic heterocycles. The van der Waals surface area contributed by atoms with Gasteiger partial charge in [0.2, 0.25) is 0 Å². The average molecular weight is 240 g/mol. The van der Waals surface area contributed by atoms with Crippen LogP contribution < -0.4 is 0 Å². The average Bonchev–Trinajstić information content (AvgIpc) is 2.26. The van der Waals surface area contributed by atoms with E-state index in [2.05, 4.69) is 0 Å². The van der Waals surface area contributed by atoms with Crippen LogP contribution in [0.5, 0.6) is 0 Å². The van der Waals surface area contributed by atoms with Crippen molar-refractivity contribution in [2.24, 2.45) is 0 Å². The number of rotatable bonds is 4. The predicted molar refractivity (Wildman–Crippen MR) is 61.4 cm³/mol. The number of benzene rings is 1. The highest BCUT2D eigenvalue weighted by atomic mass is 19.1. The second-order valence-electron chi connectivity index (χ2n) is 3.53. The number of esters is 1. The van der Waals surface area contributed by atoms with Gasteiger partial charge in [0.1, 0.15) is 11.6 Å². The quantitative estimate of drug-likeness (QED) is 0.755. The SMILES string of the molecule is CCOC(=O)CC=Cc1cc(C)c(F)cc1F. The van der Waals surface area contributed by atoms with Crippen molar-refractivity contribution in [2.75, 3.05) is 6.61 Å². The number of halogens is 2. The lowest BCUT2D eigenvalue weighted by Crippen LogP contribution is -2.01. The Bertz CT molecular complexity index is 439. The van der Waals surface area contributed by atoms with Gasteiger partial charge in [-0.1, -0.05) is 12.2 Å². The van der Waals surface area contributed by atoms with E-state index in [9.17, 15) is 13.6 Å². The number of aryl methyl sites for hydroxylation is 1. The Labute approximate surface area is 98.9 Å². The summed E-state index contributed by atoms with van der Waals surface area (Å²) in [5.41, 5.74) is 0.621. The Morgan fingerprint density at radius 2 is 2.06 bits per heavy atom. The van der Waals surface area contributed by atoms with Crippen LogP contribution in [0.15, 0.2) is 18.2 Å². The molecule has 17 heavy (non-hydrogen) atoms. The van der Waals surface area contributed by atoms with Gasteiger partial charge in [0.05, 0.1) is 13.0 Å². The summed E-state index contributed by atoms with van der Waals surface area (Å²) in [6, 6.07) is 2.23. The number of ether oxygens (including phenoxy) is 1. The molecule has 0 spiro atoms. The predicted octanol–water partition coefficient (Wildman–Crippen LogP) is 3.24. The van der Waals surface area contributed by atoms with Crippen LogP contribution >= 0.6 is 0 Å². The number of carbonyl (C=O) groups excluding carboxylic acids is 1. The molecule has 0 radical (unpaired) electrons. The molecule has 0 aromatic heterocycles. The van der Waals surface area contributed by atoms with Crippen molar-refractivity contribution in [3.63, 3.8) is 0 Å². The third-order valence-corrected chi connectivity index (χ3v) is 2.17. The summed E-state index contributed by atoms with van der Waals surface area (Å²) in [7, 11) is 0. The van der Waals surface area contributed by atoms with Crippen LogP contribution in [0.3, 0.4) is 0 Å². The summed E-state index contributed by atoms with van der Waals surface area (Å²) in [6.45, 7) is 3.58. The van der Waals surface area contributed by atoms with E-state index in [0.717, 1.165) is 6.07 Å². The Morgan fingerprint density at radius 1 is 1.35 bits per heavy atom. The van der Waals surface area contributed by atoms with Crippen molar-refractivity contribution >= 4 is 12.0 Å². The molecule has 1 rings (SSSR count). The van der Waals surface area contributed by atoms with Gasteiger partial charge in [0.15, 0.2) is 0 Å². The van der Waals surface area contributed by atoms with Crippen molar-refractivity contribution in [3.05, 3.63) is 41.0 Å². The highest BCUT2D eigenvalue weighted by Gasteiger charge is 2.04. The van der Waals surface area contributed by atoms with E-state index in [-0.39, 0.29) is 18.0 Å². The Morgan fingerprint density at radius 3 is 2.71 bits per heavy atom. The maximum absolute atomic E-state index is 13.3. The van der Waals surface area contributed by atoms with Gasteiger partial charge < -0.3 is 4.74 Å². The molecule has 0 amide bonds. The van der Waals surface area contributed by atoms with Gasteiger partial charge in [-0.3, -0.25) is 4.79 Å². The van der Waals surface area contributed by atoms with Crippen molar-refractivity contribution in [3.8, 4) is 0 Å². The first-order valence-corrected chi connectivity index (χ1v) is 5.32. The maximum atomic E-state index is 13.3. The van der Waals surface area contributed by atoms with Crippen LogP contribution in [-0.4, -0.2) is 12.6 Å². The molecular formula is C13H14F2O2. The zero-order valence-corrected chi connectivity index (χ0v) is 9.80. The fourth-order valence-corrected chi connectivity index (χ4v) is 1.31. The fourth-order valence-electron chi connectivity index (χ4n) is 1.31. The highest BCUT2D eigenvalue weighted by molar-refractivity contribution is 5.72. The molecular weight excluding hydrogens is 226 g/mol. The molecule has 0 atom stereocenters. The van der Waals surface area contributed by atoms with Crippen molar-refractivity contribution in [2.45, 2.75) is 20.3 Å². The van der Waals surface area contributed by atoms with Gasteiger partial charge in [-0.2, -0.15) is 0 Å². The lowest BCUT2D eigenvalue weighted by molar-refractivity contribution is -0.142. The molecule has 0 aliphatic carbocycles. The van der Waals surface area contributed by atoms with Crippen LogP contribution in [-0.2, 0) is 9.53 Å². The molecule has 0 heterocycles. The molecule has 92 valence electrons. The monoisotopic (exact) mass is 240 g/mol. The third-order valence-electron chi connectivity index (χ3n) is 2.17. The standard InChI is InChI=1S/C13H14F2O2/c1-3-17-13(16)6-4-5-10-7-9(2)11(14)8-12(10)15/h4-5,7-8H,3,6H2,1-2H3. The molecule has 2 nitrogen and oxygen atoms in total. The van der Waals surface area contributed by atoms with E-state index in [4.69, 9.17) is 4.74 Å². The van der Waals surface area contributed by atoms with Gasteiger partial charge in [-0.05, 0) is 25.5 Å². The number of carbonyl (C=O) groups is 1. The minimum atomic E-state index is -0.645. The lowest BCUT2D eigenvalue weighted by atomic mass is 10.1. The molecule has 0 N–H and O–H groups in total. The first-order valence-electron chi connectivity index (χ1n) is 5.32. The first kappa shape index (κ1) is 13.4. The summed E-state index contributed by atoms with van der Waals surface area (Å²) in [5.74, 6) is -1.60. The molecule has 0 saturated carbocycles. The zero-order chi connectivity index (χ0) is 12.8. The van der Waals surface area contributed by atoms with Crippen LogP contribution in [0.2, 0.25) is 0 Å². The second kappa shape index (κ2) is 6.13. The van der Waals surface area contributed by atoms with Crippen LogP contribution in [0.1, 0.15) is 24.5 Å². The molecule has 0 saturated heterocycles. The Balaban J connectivity index is 2.71. The van der Waals surface area contributed by atoms with E-state index in [0.29, 0.717) is 12.2 Å². The molecule has 0 aliphatic rings. The van der Waals surface area contributed by atoms with E-state index < -0.39 is 11.6 Å². The van der Waals surface area contributed by atoms with Gasteiger partial charge in [-0.25, -0.2) is 8.78 Å². The first-order chi connectivity index (χ1) is 8.04. The van der Waals surface area contributed by atoms with E-state index in [1.165, 1.54) is 18.2 Å². The minimum Gasteiger partial charge on any atom is -0.466 e. The molecule has 0 unspecified atom stereocenters. The van der Waals surface area contributed by atoms with Crippen LogP contribution in [0.4, 0.5) is 8.78 Å². The Hall–Kier alpha value is -1.71. The molecule has 1 aromatic carbocycles. The summed E-state index contributed by atoms with van der Waals surface area (Å²) in [5, 5.41) is 0. The minimum absolute atomic E-state index is 0.0731. The summed E-state index contributed by atoms with van der Waals surface area (Å²) < 4.78 is 31.0. The van der Waals surface area contributed by atoms with Crippen LogP contribution in [0.25, 0.3) is 6.08 Å². The van der Waals surface area contributed by atoms with Crippen molar-refractivity contribution < 1.29 is 18.3 Å². The smallest absolute Gasteiger partial charge is 0.309 e. The van der Waals surface area contributed by atoms with Crippen LogP contribution in [0, 0.1) is 18.6 Å². The number of hydrogen-bond donors (Lipinski definition) is 0. The van der Waals surface area contributed by atoms with E-state index >= 15 is 0 Å².